The Balaban J connectivity index is 2.03. The zero-order valence-electron chi connectivity index (χ0n) is 8.92. The molecule has 0 unspecified atom stereocenters. The average molecular weight is 210 g/mol. The van der Waals surface area contributed by atoms with Gasteiger partial charge < -0.3 is 5.73 Å². The quantitative estimate of drug-likeness (QED) is 0.829. The smallest absolute Gasteiger partial charge is 0.0953 e. The van der Waals surface area contributed by atoms with E-state index in [1.165, 1.54) is 22.7 Å². The Morgan fingerprint density at radius 1 is 1.57 bits per heavy atom. The molecule has 0 bridgehead atoms. The van der Waals surface area contributed by atoms with Gasteiger partial charge in [0.2, 0.25) is 0 Å². The van der Waals surface area contributed by atoms with E-state index in [9.17, 15) is 0 Å². The van der Waals surface area contributed by atoms with Gasteiger partial charge in [0, 0.05) is 17.0 Å². The van der Waals surface area contributed by atoms with Crippen molar-refractivity contribution >= 4 is 11.3 Å². The molecule has 1 heterocycles. The van der Waals surface area contributed by atoms with Crippen LogP contribution in [0.5, 0.6) is 0 Å². The van der Waals surface area contributed by atoms with Gasteiger partial charge in [-0.2, -0.15) is 0 Å². The zero-order valence-corrected chi connectivity index (χ0v) is 9.73. The van der Waals surface area contributed by atoms with Crippen molar-refractivity contribution in [3.63, 3.8) is 0 Å². The van der Waals surface area contributed by atoms with Gasteiger partial charge in [-0.3, -0.25) is 0 Å². The molecule has 0 radical (unpaired) electrons. The highest BCUT2D eigenvalue weighted by atomic mass is 32.1. The molecule has 2 N–H and O–H groups in total. The molecular formula is C11H18N2S. The zero-order chi connectivity index (χ0) is 10.2. The second-order valence-electron chi connectivity index (χ2n) is 4.70. The van der Waals surface area contributed by atoms with Crippen LogP contribution < -0.4 is 5.73 Å². The summed E-state index contributed by atoms with van der Waals surface area (Å²) < 4.78 is 0. The minimum atomic E-state index is 0.445. The molecule has 0 atom stereocenters. The molecule has 2 rings (SSSR count). The van der Waals surface area contributed by atoms with Gasteiger partial charge in [-0.15, -0.1) is 11.3 Å². The van der Waals surface area contributed by atoms with Gasteiger partial charge in [-0.25, -0.2) is 4.98 Å². The Bertz CT molecular complexity index is 313. The number of thiazole rings is 1. The molecule has 1 aromatic heterocycles. The Morgan fingerprint density at radius 2 is 2.29 bits per heavy atom. The molecule has 3 heteroatoms. The van der Waals surface area contributed by atoms with Crippen LogP contribution in [0.25, 0.3) is 0 Å². The van der Waals surface area contributed by atoms with Crippen molar-refractivity contribution in [2.45, 2.75) is 39.0 Å². The van der Waals surface area contributed by atoms with Gasteiger partial charge in [0.15, 0.2) is 0 Å². The first-order valence-electron chi connectivity index (χ1n) is 5.30. The van der Waals surface area contributed by atoms with Crippen LogP contribution in [0.1, 0.15) is 42.5 Å². The van der Waals surface area contributed by atoms with Crippen LogP contribution in [0, 0.1) is 5.41 Å². The Hall–Kier alpha value is -0.410. The van der Waals surface area contributed by atoms with E-state index in [1.807, 2.05) is 17.5 Å². The van der Waals surface area contributed by atoms with Crippen molar-refractivity contribution in [2.75, 3.05) is 6.54 Å². The van der Waals surface area contributed by atoms with E-state index in [0.717, 1.165) is 13.0 Å². The molecule has 0 aromatic carbocycles. The lowest BCUT2D eigenvalue weighted by Crippen LogP contribution is -2.17. The summed E-state index contributed by atoms with van der Waals surface area (Å²) >= 11 is 1.86. The molecule has 0 spiro atoms. The van der Waals surface area contributed by atoms with E-state index in [2.05, 4.69) is 18.8 Å². The third-order valence-electron chi connectivity index (χ3n) is 3.00. The van der Waals surface area contributed by atoms with Gasteiger partial charge in [0.1, 0.15) is 0 Å². The summed E-state index contributed by atoms with van der Waals surface area (Å²) in [4.78, 5) is 5.85. The summed E-state index contributed by atoms with van der Waals surface area (Å²) in [7, 11) is 0. The molecule has 1 aliphatic rings. The molecule has 78 valence electrons. The maximum atomic E-state index is 5.77. The first-order chi connectivity index (χ1) is 6.65. The van der Waals surface area contributed by atoms with Crippen molar-refractivity contribution in [3.05, 3.63) is 16.1 Å². The molecule has 0 amide bonds. The Labute approximate surface area is 89.5 Å². The van der Waals surface area contributed by atoms with E-state index in [4.69, 9.17) is 5.73 Å². The first-order valence-corrected chi connectivity index (χ1v) is 6.11. The summed E-state index contributed by atoms with van der Waals surface area (Å²) in [5.41, 5.74) is 6.21. The van der Waals surface area contributed by atoms with Gasteiger partial charge in [0.05, 0.1) is 5.01 Å². The lowest BCUT2D eigenvalue weighted by molar-refractivity contribution is 0.525. The Morgan fingerprint density at radius 3 is 2.71 bits per heavy atom. The minimum Gasteiger partial charge on any atom is -0.330 e. The van der Waals surface area contributed by atoms with Crippen LogP contribution in [-0.4, -0.2) is 11.5 Å². The van der Waals surface area contributed by atoms with Crippen molar-refractivity contribution in [3.8, 4) is 0 Å². The van der Waals surface area contributed by atoms with Crippen LogP contribution in [-0.2, 0) is 6.42 Å². The van der Waals surface area contributed by atoms with Crippen LogP contribution in [0.4, 0.5) is 0 Å². The van der Waals surface area contributed by atoms with Gasteiger partial charge in [-0.05, 0) is 31.2 Å². The summed E-state index contributed by atoms with van der Waals surface area (Å²) in [5, 5.41) is 1.26. The van der Waals surface area contributed by atoms with Crippen molar-refractivity contribution < 1.29 is 0 Å². The SMILES string of the molecule is CC(C)c1ncc(CC2(CN)CC2)s1. The standard InChI is InChI=1S/C11H18N2S/c1-8(2)10-13-6-9(14-10)5-11(7-12)3-4-11/h6,8H,3-5,7,12H2,1-2H3. The molecule has 1 fully saturated rings. The third-order valence-corrected chi connectivity index (χ3v) is 4.30. The van der Waals surface area contributed by atoms with Crippen LogP contribution in [0.15, 0.2) is 6.20 Å². The Kier molecular flexibility index (Phi) is 2.62. The maximum absolute atomic E-state index is 5.77. The fourth-order valence-electron chi connectivity index (χ4n) is 1.67. The fraction of sp³-hybridized carbons (Fsp3) is 0.727. The molecule has 0 aliphatic heterocycles. The lowest BCUT2D eigenvalue weighted by Gasteiger charge is -2.08. The van der Waals surface area contributed by atoms with Crippen molar-refractivity contribution in [1.29, 1.82) is 0 Å². The maximum Gasteiger partial charge on any atom is 0.0953 e. The number of nitrogens with zero attached hydrogens (tertiary/aromatic N) is 1. The number of hydrogen-bond donors (Lipinski definition) is 1. The topological polar surface area (TPSA) is 38.9 Å². The fourth-order valence-corrected chi connectivity index (χ4v) is 2.76. The van der Waals surface area contributed by atoms with Crippen LogP contribution in [0.3, 0.4) is 0 Å². The normalized spacial score (nSPS) is 18.9. The third kappa shape index (κ3) is 1.98. The van der Waals surface area contributed by atoms with Gasteiger partial charge in [-0.1, -0.05) is 13.8 Å². The van der Waals surface area contributed by atoms with E-state index in [-0.39, 0.29) is 0 Å². The number of rotatable bonds is 4. The van der Waals surface area contributed by atoms with Crippen molar-refractivity contribution in [2.24, 2.45) is 11.1 Å². The average Bonchev–Trinajstić information content (AvgIpc) is 2.75. The number of aromatic nitrogens is 1. The van der Waals surface area contributed by atoms with E-state index in [0.29, 0.717) is 11.3 Å². The largest absolute Gasteiger partial charge is 0.330 e. The van der Waals surface area contributed by atoms with Crippen LogP contribution >= 0.6 is 11.3 Å². The summed E-state index contributed by atoms with van der Waals surface area (Å²) in [6, 6.07) is 0. The predicted octanol–water partition coefficient (Wildman–Crippen LogP) is 2.55. The molecular weight excluding hydrogens is 192 g/mol. The highest BCUT2D eigenvalue weighted by molar-refractivity contribution is 7.11. The molecule has 2 nitrogen and oxygen atoms in total. The minimum absolute atomic E-state index is 0.445. The van der Waals surface area contributed by atoms with Crippen molar-refractivity contribution in [1.82, 2.24) is 4.98 Å². The highest BCUT2D eigenvalue weighted by Crippen LogP contribution is 2.48. The summed E-state index contributed by atoms with van der Waals surface area (Å²) in [5.74, 6) is 0.557. The number of hydrogen-bond acceptors (Lipinski definition) is 3. The van der Waals surface area contributed by atoms with E-state index < -0.39 is 0 Å². The number of nitrogens with two attached hydrogens (primary N) is 1. The highest BCUT2D eigenvalue weighted by Gasteiger charge is 2.41. The first kappa shape index (κ1) is 10.1. The van der Waals surface area contributed by atoms with E-state index in [1.54, 1.807) is 0 Å². The molecule has 14 heavy (non-hydrogen) atoms. The molecule has 1 saturated carbocycles. The molecule has 0 saturated heterocycles. The van der Waals surface area contributed by atoms with Gasteiger partial charge >= 0.3 is 0 Å². The second kappa shape index (κ2) is 3.63. The second-order valence-corrected chi connectivity index (χ2v) is 5.85. The molecule has 1 aliphatic carbocycles. The van der Waals surface area contributed by atoms with Gasteiger partial charge in [0.25, 0.3) is 0 Å². The molecule has 1 aromatic rings. The summed E-state index contributed by atoms with van der Waals surface area (Å²) in [6.07, 6.45) is 5.79. The predicted molar refractivity (Wildman–Crippen MR) is 60.6 cm³/mol. The van der Waals surface area contributed by atoms with E-state index >= 15 is 0 Å². The summed E-state index contributed by atoms with van der Waals surface area (Å²) in [6.45, 7) is 5.22. The lowest BCUT2D eigenvalue weighted by atomic mass is 10.0. The van der Waals surface area contributed by atoms with Crippen LogP contribution in [0.2, 0.25) is 0 Å². The monoisotopic (exact) mass is 210 g/mol.